The van der Waals surface area contributed by atoms with Gasteiger partial charge in [0.25, 0.3) is 15.9 Å². The van der Waals surface area contributed by atoms with E-state index >= 15 is 0 Å². The number of carbonyl (C=O) groups excluding carboxylic acids is 1. The van der Waals surface area contributed by atoms with Crippen LogP contribution in [0, 0.1) is 6.92 Å². The van der Waals surface area contributed by atoms with Crippen LogP contribution in [0.5, 0.6) is 0 Å². The second kappa shape index (κ2) is 6.61. The van der Waals surface area contributed by atoms with E-state index in [1.165, 1.54) is 17.4 Å². The Labute approximate surface area is 165 Å². The fourth-order valence-electron chi connectivity index (χ4n) is 3.21. The van der Waals surface area contributed by atoms with E-state index in [2.05, 4.69) is 15.0 Å². The monoisotopic (exact) mass is 415 g/mol. The Morgan fingerprint density at radius 3 is 2.71 bits per heavy atom. The lowest BCUT2D eigenvalue weighted by molar-refractivity contribution is -0.113. The highest BCUT2D eigenvalue weighted by Crippen LogP contribution is 2.35. The van der Waals surface area contributed by atoms with Crippen LogP contribution in [0.2, 0.25) is 0 Å². The van der Waals surface area contributed by atoms with Gasteiger partial charge in [-0.1, -0.05) is 37.3 Å². The highest BCUT2D eigenvalue weighted by Gasteiger charge is 2.34. The number of amides is 1. The van der Waals surface area contributed by atoms with E-state index in [0.29, 0.717) is 10.5 Å². The van der Waals surface area contributed by atoms with Crippen molar-refractivity contribution in [1.29, 1.82) is 0 Å². The van der Waals surface area contributed by atoms with Gasteiger partial charge in [-0.15, -0.1) is 11.3 Å². The Morgan fingerprint density at radius 1 is 1.25 bits per heavy atom. The number of rotatable bonds is 3. The maximum Gasteiger partial charge on any atom is 0.278 e. The molecule has 1 aromatic heterocycles. The molecule has 0 saturated carbocycles. The van der Waals surface area contributed by atoms with Crippen LogP contribution in [0.4, 0.5) is 5.13 Å². The third-order valence-corrected chi connectivity index (χ3v) is 7.21. The summed E-state index contributed by atoms with van der Waals surface area (Å²) in [5.74, 6) is -1.19. The molecule has 4 rings (SSSR count). The van der Waals surface area contributed by atoms with Gasteiger partial charge < -0.3 is 5.11 Å². The molecule has 1 aliphatic rings. The molecule has 0 bridgehead atoms. The zero-order chi connectivity index (χ0) is 20.1. The van der Waals surface area contributed by atoms with Crippen molar-refractivity contribution < 1.29 is 18.3 Å². The van der Waals surface area contributed by atoms with Crippen LogP contribution in [0.25, 0.3) is 16.5 Å². The zero-order valence-corrected chi connectivity index (χ0v) is 16.7. The molecule has 3 N–H and O–H groups in total. The second-order valence-electron chi connectivity index (χ2n) is 6.33. The fraction of sp³-hybridized carbons (Fsp3) is 0.158. The van der Waals surface area contributed by atoms with Crippen molar-refractivity contribution in [3.8, 4) is 0 Å². The van der Waals surface area contributed by atoms with Gasteiger partial charge >= 0.3 is 0 Å². The van der Waals surface area contributed by atoms with Gasteiger partial charge in [-0.3, -0.25) is 14.8 Å². The van der Waals surface area contributed by atoms with Crippen LogP contribution in [0.15, 0.2) is 47.0 Å². The van der Waals surface area contributed by atoms with Crippen LogP contribution >= 0.6 is 11.3 Å². The minimum atomic E-state index is -4.04. The molecule has 0 saturated heterocycles. The van der Waals surface area contributed by atoms with Gasteiger partial charge in [-0.2, -0.15) is 0 Å². The predicted octanol–water partition coefficient (Wildman–Crippen LogP) is 3.32. The molecule has 0 aliphatic carbocycles. The fourth-order valence-corrected chi connectivity index (χ4v) is 5.60. The first kappa shape index (κ1) is 18.5. The number of fused-ring (bicyclic) bond motifs is 3. The number of sulfonamides is 1. The van der Waals surface area contributed by atoms with Gasteiger partial charge in [0.2, 0.25) is 0 Å². The number of anilines is 1. The molecule has 2 aromatic carbocycles. The largest absolute Gasteiger partial charge is 0.505 e. The lowest BCUT2D eigenvalue weighted by atomic mass is 10.0. The number of carbonyl (C=O) groups is 1. The average Bonchev–Trinajstić information content (AvgIpc) is 3.03. The third kappa shape index (κ3) is 2.92. The van der Waals surface area contributed by atoms with Crippen LogP contribution in [-0.4, -0.2) is 24.4 Å². The van der Waals surface area contributed by atoms with E-state index < -0.39 is 27.4 Å². The summed E-state index contributed by atoms with van der Waals surface area (Å²) in [6.07, 6.45) is 0.778. The van der Waals surface area contributed by atoms with Crippen molar-refractivity contribution in [1.82, 2.24) is 9.71 Å². The summed E-state index contributed by atoms with van der Waals surface area (Å²) in [5, 5.41) is 14.8. The van der Waals surface area contributed by atoms with E-state index in [-0.39, 0.29) is 10.5 Å². The summed E-state index contributed by atoms with van der Waals surface area (Å²) >= 11 is 1.32. The minimum Gasteiger partial charge on any atom is -0.505 e. The van der Waals surface area contributed by atoms with E-state index in [4.69, 9.17) is 0 Å². The quantitative estimate of drug-likeness (QED) is 0.608. The normalized spacial score (nSPS) is 15.2. The van der Waals surface area contributed by atoms with E-state index in [9.17, 15) is 18.3 Å². The summed E-state index contributed by atoms with van der Waals surface area (Å²) in [7, 11) is -4.04. The smallest absolute Gasteiger partial charge is 0.278 e. The van der Waals surface area contributed by atoms with Crippen LogP contribution in [0.1, 0.15) is 23.1 Å². The standard InChI is InChI=1S/C19H17N3O4S2/c1-3-14-10(2)20-19(27-14)21-18(24)15-16(23)13-9-8-11-6-4-5-7-12(11)17(13)28(25,26)22-15/h4-9,22-23H,3H2,1-2H3,(H,20,21,24). The lowest BCUT2D eigenvalue weighted by Gasteiger charge is -2.22. The first-order chi connectivity index (χ1) is 13.3. The number of hydrogen-bond acceptors (Lipinski definition) is 6. The number of nitrogens with zero attached hydrogens (tertiary/aromatic N) is 1. The molecule has 0 radical (unpaired) electrons. The molecular weight excluding hydrogens is 398 g/mol. The molecule has 144 valence electrons. The van der Waals surface area contributed by atoms with Gasteiger partial charge in [-0.25, -0.2) is 13.4 Å². The second-order valence-corrected chi connectivity index (χ2v) is 9.03. The number of aryl methyl sites for hydroxylation is 2. The maximum atomic E-state index is 12.9. The SMILES string of the molecule is CCc1sc(NC(=O)C2=C(O)c3ccc4ccccc4c3S(=O)(=O)N2)nc1C. The average molecular weight is 415 g/mol. The highest BCUT2D eigenvalue weighted by atomic mass is 32.2. The highest BCUT2D eigenvalue weighted by molar-refractivity contribution is 7.90. The molecule has 1 aliphatic heterocycles. The number of nitrogens with one attached hydrogen (secondary N) is 2. The molecule has 0 atom stereocenters. The first-order valence-corrected chi connectivity index (χ1v) is 10.9. The Kier molecular flexibility index (Phi) is 4.35. The van der Waals surface area contributed by atoms with Gasteiger partial charge in [-0.05, 0) is 24.8 Å². The number of aliphatic hydroxyl groups is 1. The first-order valence-electron chi connectivity index (χ1n) is 8.57. The van der Waals surface area contributed by atoms with Gasteiger partial charge in [0.05, 0.1) is 5.69 Å². The molecule has 7 nitrogen and oxygen atoms in total. The molecule has 2 heterocycles. The van der Waals surface area contributed by atoms with Crippen molar-refractivity contribution in [2.24, 2.45) is 0 Å². The van der Waals surface area contributed by atoms with E-state index in [1.54, 1.807) is 30.3 Å². The maximum absolute atomic E-state index is 12.9. The number of aromatic nitrogens is 1. The van der Waals surface area contributed by atoms with Crippen molar-refractivity contribution in [3.05, 3.63) is 58.2 Å². The van der Waals surface area contributed by atoms with Crippen molar-refractivity contribution in [2.45, 2.75) is 25.2 Å². The molecule has 9 heteroatoms. The van der Waals surface area contributed by atoms with Gasteiger partial charge in [0.15, 0.2) is 16.6 Å². The Morgan fingerprint density at radius 2 is 2.00 bits per heavy atom. The van der Waals surface area contributed by atoms with Crippen molar-refractivity contribution >= 4 is 48.9 Å². The third-order valence-electron chi connectivity index (χ3n) is 4.54. The van der Waals surface area contributed by atoms with Crippen molar-refractivity contribution in [2.75, 3.05) is 5.32 Å². The number of thiazole rings is 1. The van der Waals surface area contributed by atoms with Gasteiger partial charge in [0, 0.05) is 15.8 Å². The van der Waals surface area contributed by atoms with Crippen LogP contribution < -0.4 is 10.0 Å². The summed E-state index contributed by atoms with van der Waals surface area (Å²) in [6.45, 7) is 3.82. The number of aliphatic hydroxyl groups excluding tert-OH is 1. The summed E-state index contributed by atoms with van der Waals surface area (Å²) < 4.78 is 27.9. The molecule has 1 amide bonds. The molecule has 3 aromatic rings. The minimum absolute atomic E-state index is 0.0435. The Hall–Kier alpha value is -2.91. The van der Waals surface area contributed by atoms with Gasteiger partial charge in [0.1, 0.15) is 4.90 Å². The number of benzene rings is 2. The summed E-state index contributed by atoms with van der Waals surface area (Å²) in [5.41, 5.74) is 0.475. The lowest BCUT2D eigenvalue weighted by Crippen LogP contribution is -2.35. The molecule has 0 unspecified atom stereocenters. The molecular formula is C19H17N3O4S2. The Bertz CT molecular complexity index is 1260. The number of hydrogen-bond donors (Lipinski definition) is 3. The summed E-state index contributed by atoms with van der Waals surface area (Å²) in [6, 6.07) is 10.2. The van der Waals surface area contributed by atoms with Crippen molar-refractivity contribution in [3.63, 3.8) is 0 Å². The molecule has 28 heavy (non-hydrogen) atoms. The van der Waals surface area contributed by atoms with Crippen LogP contribution in [0.3, 0.4) is 0 Å². The zero-order valence-electron chi connectivity index (χ0n) is 15.1. The molecule has 0 fully saturated rings. The molecule has 0 spiro atoms. The van der Waals surface area contributed by atoms with E-state index in [1.807, 2.05) is 13.8 Å². The summed E-state index contributed by atoms with van der Waals surface area (Å²) in [4.78, 5) is 17.9. The van der Waals surface area contributed by atoms with E-state index in [0.717, 1.165) is 22.4 Å². The Balaban J connectivity index is 1.80. The topological polar surface area (TPSA) is 108 Å². The van der Waals surface area contributed by atoms with Crippen LogP contribution in [-0.2, 0) is 21.2 Å². The predicted molar refractivity (Wildman–Crippen MR) is 109 cm³/mol.